The monoisotopic (exact) mass is 476 g/mol. The van der Waals surface area contributed by atoms with Gasteiger partial charge in [-0.3, -0.25) is 0 Å². The molecule has 0 saturated carbocycles. The standard InChI is InChI=1S/C17H24N4S2.HI/c1-3-18-16(21-13-15-7-4-6-14(2)12-15)19-8-5-10-22-17-20-9-11-23-17;/h4,6-7,9,11-12H,3,5,8,10,13H2,1-2H3,(H2,18,19,21);1H. The predicted molar refractivity (Wildman–Crippen MR) is 117 cm³/mol. The first-order chi connectivity index (χ1) is 11.3. The molecule has 7 heteroatoms. The lowest BCUT2D eigenvalue weighted by Gasteiger charge is -2.11. The highest BCUT2D eigenvalue weighted by atomic mass is 127. The number of halogens is 1. The molecule has 0 spiro atoms. The molecule has 4 nitrogen and oxygen atoms in total. The van der Waals surface area contributed by atoms with Crippen LogP contribution in [-0.2, 0) is 6.54 Å². The Morgan fingerprint density at radius 1 is 1.33 bits per heavy atom. The van der Waals surface area contributed by atoms with E-state index >= 15 is 0 Å². The van der Waals surface area contributed by atoms with Gasteiger partial charge in [0.05, 0.1) is 6.54 Å². The van der Waals surface area contributed by atoms with Gasteiger partial charge in [0.1, 0.15) is 4.34 Å². The van der Waals surface area contributed by atoms with Crippen LogP contribution in [0, 0.1) is 6.92 Å². The Hall–Kier alpha value is -0.800. The Bertz CT molecular complexity index is 602. The molecule has 24 heavy (non-hydrogen) atoms. The highest BCUT2D eigenvalue weighted by molar-refractivity contribution is 14.0. The summed E-state index contributed by atoms with van der Waals surface area (Å²) in [5, 5.41) is 8.70. The fourth-order valence-electron chi connectivity index (χ4n) is 2.04. The summed E-state index contributed by atoms with van der Waals surface area (Å²) in [5.74, 6) is 1.95. The number of nitrogens with zero attached hydrogens (tertiary/aromatic N) is 2. The molecule has 0 bridgehead atoms. The second kappa shape index (κ2) is 12.5. The van der Waals surface area contributed by atoms with Gasteiger partial charge in [0, 0.05) is 30.4 Å². The first-order valence-corrected chi connectivity index (χ1v) is 9.74. The Morgan fingerprint density at radius 2 is 2.21 bits per heavy atom. The third-order valence-corrected chi connectivity index (χ3v) is 5.15. The lowest BCUT2D eigenvalue weighted by atomic mass is 10.1. The van der Waals surface area contributed by atoms with Crippen LogP contribution in [0.25, 0.3) is 0 Å². The van der Waals surface area contributed by atoms with Crippen LogP contribution in [0.2, 0.25) is 0 Å². The molecule has 2 aromatic rings. The van der Waals surface area contributed by atoms with Crippen molar-refractivity contribution in [1.29, 1.82) is 0 Å². The van der Waals surface area contributed by atoms with E-state index in [4.69, 9.17) is 0 Å². The number of hydrogen-bond acceptors (Lipinski definition) is 4. The van der Waals surface area contributed by atoms with E-state index in [1.54, 1.807) is 11.3 Å². The van der Waals surface area contributed by atoms with Gasteiger partial charge in [-0.05, 0) is 25.8 Å². The largest absolute Gasteiger partial charge is 0.357 e. The van der Waals surface area contributed by atoms with Crippen LogP contribution in [0.3, 0.4) is 0 Å². The molecule has 1 aromatic heterocycles. The maximum atomic E-state index is 4.65. The van der Waals surface area contributed by atoms with Gasteiger partial charge in [-0.1, -0.05) is 41.6 Å². The van der Waals surface area contributed by atoms with E-state index in [1.807, 2.05) is 23.3 Å². The van der Waals surface area contributed by atoms with Crippen LogP contribution in [0.4, 0.5) is 0 Å². The number of guanidine groups is 1. The summed E-state index contributed by atoms with van der Waals surface area (Å²) in [6, 6.07) is 8.48. The van der Waals surface area contributed by atoms with Crippen molar-refractivity contribution in [2.45, 2.75) is 31.2 Å². The van der Waals surface area contributed by atoms with Crippen LogP contribution in [0.1, 0.15) is 24.5 Å². The summed E-state index contributed by atoms with van der Waals surface area (Å²) in [7, 11) is 0. The van der Waals surface area contributed by atoms with Gasteiger partial charge in [0.2, 0.25) is 0 Å². The molecular weight excluding hydrogens is 451 g/mol. The predicted octanol–water partition coefficient (Wildman–Crippen LogP) is 4.31. The fourth-order valence-corrected chi connectivity index (χ4v) is 3.69. The number of rotatable bonds is 8. The lowest BCUT2D eigenvalue weighted by molar-refractivity contribution is 0.789. The zero-order valence-electron chi connectivity index (χ0n) is 14.1. The van der Waals surface area contributed by atoms with E-state index in [9.17, 15) is 0 Å². The number of aryl methyl sites for hydroxylation is 1. The van der Waals surface area contributed by atoms with E-state index in [0.717, 1.165) is 35.6 Å². The highest BCUT2D eigenvalue weighted by Crippen LogP contribution is 2.20. The molecule has 0 unspecified atom stereocenters. The first kappa shape index (κ1) is 21.2. The van der Waals surface area contributed by atoms with E-state index < -0.39 is 0 Å². The van der Waals surface area contributed by atoms with Crippen molar-refractivity contribution in [3.8, 4) is 0 Å². The first-order valence-electron chi connectivity index (χ1n) is 7.88. The summed E-state index contributed by atoms with van der Waals surface area (Å²) >= 11 is 3.51. The average molecular weight is 476 g/mol. The Morgan fingerprint density at radius 3 is 2.92 bits per heavy atom. The summed E-state index contributed by atoms with van der Waals surface area (Å²) in [6.07, 6.45) is 2.94. The molecule has 1 heterocycles. The van der Waals surface area contributed by atoms with E-state index in [1.165, 1.54) is 11.1 Å². The lowest BCUT2D eigenvalue weighted by Crippen LogP contribution is -2.37. The molecule has 2 rings (SSSR count). The van der Waals surface area contributed by atoms with Gasteiger partial charge in [-0.25, -0.2) is 9.98 Å². The quantitative estimate of drug-likeness (QED) is 0.196. The maximum Gasteiger partial charge on any atom is 0.191 e. The minimum atomic E-state index is 0. The van der Waals surface area contributed by atoms with Gasteiger partial charge >= 0.3 is 0 Å². The fraction of sp³-hybridized carbons (Fsp3) is 0.412. The number of aromatic nitrogens is 1. The Labute approximate surface area is 170 Å². The molecule has 0 radical (unpaired) electrons. The van der Waals surface area contributed by atoms with Crippen molar-refractivity contribution in [3.63, 3.8) is 0 Å². The minimum Gasteiger partial charge on any atom is -0.357 e. The molecule has 0 atom stereocenters. The molecule has 0 aliphatic carbocycles. The van der Waals surface area contributed by atoms with Crippen molar-refractivity contribution >= 4 is 53.0 Å². The molecule has 0 aliphatic heterocycles. The molecule has 1 aromatic carbocycles. The number of thiazole rings is 1. The number of aliphatic imine (C=N–C) groups is 1. The van der Waals surface area contributed by atoms with Crippen LogP contribution >= 0.6 is 47.1 Å². The smallest absolute Gasteiger partial charge is 0.191 e. The molecular formula is C17H25IN4S2. The van der Waals surface area contributed by atoms with E-state index in [0.29, 0.717) is 6.54 Å². The Balaban J connectivity index is 0.00000288. The molecule has 0 amide bonds. The third kappa shape index (κ3) is 8.34. The minimum absolute atomic E-state index is 0. The third-order valence-electron chi connectivity index (χ3n) is 3.10. The van der Waals surface area contributed by atoms with Gasteiger partial charge in [-0.2, -0.15) is 0 Å². The normalized spacial score (nSPS) is 11.0. The second-order valence-electron chi connectivity index (χ2n) is 5.11. The van der Waals surface area contributed by atoms with E-state index in [2.05, 4.69) is 58.7 Å². The molecule has 2 N–H and O–H groups in total. The van der Waals surface area contributed by atoms with Gasteiger partial charge < -0.3 is 10.6 Å². The van der Waals surface area contributed by atoms with Crippen molar-refractivity contribution in [2.24, 2.45) is 4.99 Å². The number of thioether (sulfide) groups is 1. The Kier molecular flexibility index (Phi) is 11.1. The number of nitrogens with one attached hydrogen (secondary N) is 2. The summed E-state index contributed by atoms with van der Waals surface area (Å²) in [6.45, 7) is 6.68. The van der Waals surface area contributed by atoms with Gasteiger partial charge in [0.25, 0.3) is 0 Å². The summed E-state index contributed by atoms with van der Waals surface area (Å²) in [5.41, 5.74) is 2.51. The zero-order valence-corrected chi connectivity index (χ0v) is 18.1. The van der Waals surface area contributed by atoms with Crippen LogP contribution in [0.5, 0.6) is 0 Å². The molecule has 0 fully saturated rings. The van der Waals surface area contributed by atoms with Crippen LogP contribution < -0.4 is 10.6 Å². The van der Waals surface area contributed by atoms with Crippen molar-refractivity contribution in [1.82, 2.24) is 15.6 Å². The van der Waals surface area contributed by atoms with E-state index in [-0.39, 0.29) is 24.0 Å². The zero-order chi connectivity index (χ0) is 16.3. The van der Waals surface area contributed by atoms with Crippen molar-refractivity contribution in [2.75, 3.05) is 18.8 Å². The van der Waals surface area contributed by atoms with Crippen LogP contribution in [-0.4, -0.2) is 29.8 Å². The number of hydrogen-bond donors (Lipinski definition) is 2. The summed E-state index contributed by atoms with van der Waals surface area (Å²) < 4.78 is 1.14. The second-order valence-corrected chi connectivity index (χ2v) is 7.35. The topological polar surface area (TPSA) is 49.3 Å². The highest BCUT2D eigenvalue weighted by Gasteiger charge is 1.99. The summed E-state index contributed by atoms with van der Waals surface area (Å²) in [4.78, 5) is 8.92. The molecule has 0 aliphatic rings. The van der Waals surface area contributed by atoms with Crippen LogP contribution in [0.15, 0.2) is 45.2 Å². The number of benzene rings is 1. The van der Waals surface area contributed by atoms with Gasteiger partial charge in [0.15, 0.2) is 5.96 Å². The van der Waals surface area contributed by atoms with Crippen molar-refractivity contribution in [3.05, 3.63) is 47.0 Å². The maximum absolute atomic E-state index is 4.65. The SMILES string of the molecule is CCNC(=NCc1cccc(C)c1)NCCCSc1nccs1.I. The van der Waals surface area contributed by atoms with Gasteiger partial charge in [-0.15, -0.1) is 35.3 Å². The average Bonchev–Trinajstić information content (AvgIpc) is 3.05. The van der Waals surface area contributed by atoms with Crippen molar-refractivity contribution < 1.29 is 0 Å². The molecule has 0 saturated heterocycles. The molecule has 132 valence electrons.